The van der Waals surface area contributed by atoms with Crippen LogP contribution in [0.25, 0.3) is 10.2 Å². The number of nitrogens with one attached hydrogen (secondary N) is 3. The number of hydrogen-bond donors (Lipinski definition) is 3. The van der Waals surface area contributed by atoms with Gasteiger partial charge in [-0.25, -0.2) is 24.1 Å². The normalized spacial score (nSPS) is 16.0. The zero-order valence-electron chi connectivity index (χ0n) is 19.3. The van der Waals surface area contributed by atoms with Crippen molar-refractivity contribution >= 4 is 55.6 Å². The van der Waals surface area contributed by atoms with Crippen LogP contribution in [0.1, 0.15) is 30.2 Å². The van der Waals surface area contributed by atoms with Crippen LogP contribution in [0.4, 0.5) is 25.8 Å². The molecule has 1 atom stereocenters. The number of likely N-dealkylation sites (tertiary alicyclic amines) is 1. The van der Waals surface area contributed by atoms with Gasteiger partial charge in [0.2, 0.25) is 0 Å². The van der Waals surface area contributed by atoms with E-state index in [0.717, 1.165) is 46.7 Å². The number of nitrogens with zero attached hydrogens (tertiary/aromatic N) is 4. The fourth-order valence-electron chi connectivity index (χ4n) is 4.18. The first-order valence-electron chi connectivity index (χ1n) is 11.5. The second kappa shape index (κ2) is 10.6. The minimum atomic E-state index is -0.405. The molecule has 0 radical (unpaired) electrons. The molecular formula is C24H26FN7OS2. The lowest BCUT2D eigenvalue weighted by Gasteiger charge is -2.21. The Morgan fingerprint density at radius 1 is 1.23 bits per heavy atom. The fraction of sp³-hybridized carbons (Fsp3) is 0.333. The monoisotopic (exact) mass is 511 g/mol. The molecule has 1 aromatic carbocycles. The summed E-state index contributed by atoms with van der Waals surface area (Å²) in [4.78, 5) is 28.7. The third kappa shape index (κ3) is 5.75. The number of thiazole rings is 1. The van der Waals surface area contributed by atoms with Crippen molar-refractivity contribution in [2.24, 2.45) is 0 Å². The van der Waals surface area contributed by atoms with Gasteiger partial charge in [0.15, 0.2) is 5.13 Å². The van der Waals surface area contributed by atoms with E-state index >= 15 is 0 Å². The van der Waals surface area contributed by atoms with Gasteiger partial charge in [-0.3, -0.25) is 10.2 Å². The predicted octanol–water partition coefficient (Wildman–Crippen LogP) is 5.57. The number of carbonyl (C=O) groups is 1. The minimum Gasteiger partial charge on any atom is -0.368 e. The summed E-state index contributed by atoms with van der Waals surface area (Å²) in [6.07, 6.45) is 6.33. The predicted molar refractivity (Wildman–Crippen MR) is 140 cm³/mol. The van der Waals surface area contributed by atoms with E-state index in [4.69, 9.17) is 0 Å². The molecule has 182 valence electrons. The molecule has 1 unspecified atom stereocenters. The maximum atomic E-state index is 14.3. The highest BCUT2D eigenvalue weighted by atomic mass is 32.1. The number of urea groups is 1. The molecule has 0 spiro atoms. The maximum Gasteiger partial charge on any atom is 0.325 e. The quantitative estimate of drug-likeness (QED) is 0.286. The number of rotatable bonds is 8. The standard InChI is InChI=1S/C24H26FN7OS2/c1-15-3-2-9-32(15)13-16-11-17(4-5-19(16)25)30-23(33)31-24-27-12-18(35-24)6-8-26-22-21-20(7-10-34-21)28-14-29-22/h4-5,7,10-12,14-15H,2-3,6,8-9,13H2,1H3,(H,26,28,29)(H2,27,30,31,33). The summed E-state index contributed by atoms with van der Waals surface area (Å²) in [5, 5.41) is 11.4. The van der Waals surface area contributed by atoms with E-state index in [1.807, 2.05) is 11.4 Å². The Bertz CT molecular complexity index is 1320. The molecule has 1 saturated heterocycles. The van der Waals surface area contributed by atoms with Crippen molar-refractivity contribution in [2.45, 2.75) is 38.8 Å². The molecule has 3 N–H and O–H groups in total. The molecule has 2 amide bonds. The number of amides is 2. The molecule has 35 heavy (non-hydrogen) atoms. The Morgan fingerprint density at radius 3 is 3.00 bits per heavy atom. The van der Waals surface area contributed by atoms with Crippen LogP contribution in [0.2, 0.25) is 0 Å². The molecule has 1 aliphatic heterocycles. The van der Waals surface area contributed by atoms with Crippen molar-refractivity contribution in [1.29, 1.82) is 0 Å². The van der Waals surface area contributed by atoms with E-state index in [1.54, 1.807) is 36.0 Å². The van der Waals surface area contributed by atoms with E-state index in [1.165, 1.54) is 17.4 Å². The van der Waals surface area contributed by atoms with Gasteiger partial charge in [-0.1, -0.05) is 0 Å². The van der Waals surface area contributed by atoms with Crippen molar-refractivity contribution in [3.8, 4) is 0 Å². The van der Waals surface area contributed by atoms with Gasteiger partial charge in [0.05, 0.1) is 10.2 Å². The number of halogens is 1. The van der Waals surface area contributed by atoms with Gasteiger partial charge in [-0.05, 0) is 56.0 Å². The Morgan fingerprint density at radius 2 is 2.14 bits per heavy atom. The molecule has 5 rings (SSSR count). The first-order chi connectivity index (χ1) is 17.0. The molecule has 11 heteroatoms. The molecule has 1 fully saturated rings. The second-order valence-electron chi connectivity index (χ2n) is 8.51. The van der Waals surface area contributed by atoms with Crippen LogP contribution in [-0.4, -0.2) is 45.0 Å². The van der Waals surface area contributed by atoms with Crippen LogP contribution < -0.4 is 16.0 Å². The average molecular weight is 512 g/mol. The lowest BCUT2D eigenvalue weighted by atomic mass is 10.1. The highest BCUT2D eigenvalue weighted by Crippen LogP contribution is 2.26. The highest BCUT2D eigenvalue weighted by Gasteiger charge is 2.21. The summed E-state index contributed by atoms with van der Waals surface area (Å²) in [5.74, 6) is 0.570. The lowest BCUT2D eigenvalue weighted by molar-refractivity contribution is 0.256. The van der Waals surface area contributed by atoms with Crippen LogP contribution >= 0.6 is 22.7 Å². The first kappa shape index (κ1) is 23.6. The summed E-state index contributed by atoms with van der Waals surface area (Å²) in [6, 6.07) is 6.69. The number of thiophene rings is 1. The van der Waals surface area contributed by atoms with Crippen molar-refractivity contribution in [3.63, 3.8) is 0 Å². The zero-order valence-corrected chi connectivity index (χ0v) is 20.9. The van der Waals surface area contributed by atoms with Crippen molar-refractivity contribution in [2.75, 3.05) is 29.0 Å². The van der Waals surface area contributed by atoms with Crippen molar-refractivity contribution < 1.29 is 9.18 Å². The number of fused-ring (bicyclic) bond motifs is 1. The number of aromatic nitrogens is 3. The molecule has 4 heterocycles. The van der Waals surface area contributed by atoms with Crippen LogP contribution in [0.5, 0.6) is 0 Å². The Balaban J connectivity index is 1.13. The zero-order chi connectivity index (χ0) is 24.2. The van der Waals surface area contributed by atoms with Gasteiger partial charge in [-0.2, -0.15) is 0 Å². The topological polar surface area (TPSA) is 95.1 Å². The summed E-state index contributed by atoms with van der Waals surface area (Å²) >= 11 is 3.03. The number of carbonyl (C=O) groups excluding carboxylic acids is 1. The third-order valence-corrected chi connectivity index (χ3v) is 7.93. The molecule has 4 aromatic rings. The molecule has 0 aliphatic carbocycles. The lowest BCUT2D eigenvalue weighted by Crippen LogP contribution is -2.26. The highest BCUT2D eigenvalue weighted by molar-refractivity contribution is 7.17. The largest absolute Gasteiger partial charge is 0.368 e. The molecule has 3 aromatic heterocycles. The maximum absolute atomic E-state index is 14.3. The average Bonchev–Trinajstić information content (AvgIpc) is 3.58. The number of hydrogen-bond acceptors (Lipinski definition) is 8. The van der Waals surface area contributed by atoms with E-state index in [0.29, 0.717) is 35.5 Å². The molecule has 8 nitrogen and oxygen atoms in total. The van der Waals surface area contributed by atoms with Crippen LogP contribution in [0.3, 0.4) is 0 Å². The van der Waals surface area contributed by atoms with Crippen LogP contribution in [-0.2, 0) is 13.0 Å². The fourth-order valence-corrected chi connectivity index (χ4v) is 5.80. The van der Waals surface area contributed by atoms with E-state index in [-0.39, 0.29) is 5.82 Å². The van der Waals surface area contributed by atoms with E-state index in [2.05, 4.69) is 42.7 Å². The summed E-state index contributed by atoms with van der Waals surface area (Å²) in [7, 11) is 0. The van der Waals surface area contributed by atoms with Gasteiger partial charge in [0.25, 0.3) is 0 Å². The molecular weight excluding hydrogens is 485 g/mol. The van der Waals surface area contributed by atoms with E-state index < -0.39 is 6.03 Å². The first-order valence-corrected chi connectivity index (χ1v) is 13.2. The summed E-state index contributed by atoms with van der Waals surface area (Å²) < 4.78 is 15.4. The van der Waals surface area contributed by atoms with Gasteiger partial charge in [-0.15, -0.1) is 22.7 Å². The molecule has 0 saturated carbocycles. The Kier molecular flexibility index (Phi) is 7.16. The smallest absolute Gasteiger partial charge is 0.325 e. The SMILES string of the molecule is CC1CCCN1Cc1cc(NC(=O)Nc2ncc(CCNc3ncnc4ccsc34)s2)ccc1F. The third-order valence-electron chi connectivity index (χ3n) is 6.05. The number of anilines is 3. The van der Waals surface area contributed by atoms with Crippen molar-refractivity contribution in [3.05, 3.63) is 58.4 Å². The minimum absolute atomic E-state index is 0.255. The summed E-state index contributed by atoms with van der Waals surface area (Å²) in [5.41, 5.74) is 2.07. The molecule has 1 aliphatic rings. The van der Waals surface area contributed by atoms with E-state index in [9.17, 15) is 9.18 Å². The Hall–Kier alpha value is -3.15. The van der Waals surface area contributed by atoms with Crippen molar-refractivity contribution in [1.82, 2.24) is 19.9 Å². The van der Waals surface area contributed by atoms with Gasteiger partial charge < -0.3 is 10.6 Å². The van der Waals surface area contributed by atoms with Gasteiger partial charge in [0.1, 0.15) is 18.0 Å². The Labute approximate surface area is 210 Å². The second-order valence-corrected chi connectivity index (χ2v) is 10.5. The molecule has 0 bridgehead atoms. The summed E-state index contributed by atoms with van der Waals surface area (Å²) in [6.45, 7) is 4.36. The van der Waals surface area contributed by atoms with Gasteiger partial charge in [0, 0.05) is 47.9 Å². The van der Waals surface area contributed by atoms with Crippen LogP contribution in [0, 0.1) is 5.82 Å². The van der Waals surface area contributed by atoms with Gasteiger partial charge >= 0.3 is 6.03 Å². The van der Waals surface area contributed by atoms with Crippen LogP contribution in [0.15, 0.2) is 42.2 Å². The number of benzene rings is 1.